The Morgan fingerprint density at radius 3 is 2.95 bits per heavy atom. The predicted octanol–water partition coefficient (Wildman–Crippen LogP) is 3.57. The van der Waals surface area contributed by atoms with Gasteiger partial charge >= 0.3 is 5.97 Å². The van der Waals surface area contributed by atoms with Gasteiger partial charge in [-0.3, -0.25) is 4.79 Å². The maximum absolute atomic E-state index is 10.8. The van der Waals surface area contributed by atoms with E-state index >= 15 is 0 Å². The van der Waals surface area contributed by atoms with Crippen LogP contribution in [0.3, 0.4) is 0 Å². The van der Waals surface area contributed by atoms with Crippen molar-refractivity contribution in [3.8, 4) is 0 Å². The normalized spacial score (nSPS) is 16.3. The number of aromatic nitrogens is 2. The number of para-hydroxylation sites is 1. The number of hydrogen-bond donors (Lipinski definition) is 1. The molecule has 2 aromatic rings. The lowest BCUT2D eigenvalue weighted by Gasteiger charge is -2.15. The molecule has 1 aromatic heterocycles. The maximum Gasteiger partial charge on any atom is 0.313 e. The van der Waals surface area contributed by atoms with E-state index in [9.17, 15) is 4.79 Å². The number of thioether (sulfide) groups is 1. The Morgan fingerprint density at radius 2 is 2.29 bits per heavy atom. The Bertz CT molecular complexity index is 676. The van der Waals surface area contributed by atoms with Crippen LogP contribution < -0.4 is 0 Å². The molecule has 1 N–H and O–H groups in total. The first-order valence-electron chi connectivity index (χ1n) is 7.36. The molecule has 1 aromatic carbocycles. The van der Waals surface area contributed by atoms with Gasteiger partial charge in [0.1, 0.15) is 0 Å². The molecule has 1 aliphatic carbocycles. The first-order valence-corrected chi connectivity index (χ1v) is 8.35. The summed E-state index contributed by atoms with van der Waals surface area (Å²) in [7, 11) is 0. The van der Waals surface area contributed by atoms with Crippen LogP contribution in [0.15, 0.2) is 23.4 Å². The van der Waals surface area contributed by atoms with E-state index in [-0.39, 0.29) is 5.75 Å². The Labute approximate surface area is 128 Å². The molecule has 5 heteroatoms. The molecule has 4 nitrogen and oxygen atoms in total. The average Bonchev–Trinajstić information content (AvgIpc) is 3.21. The number of carboxylic acid groups (broad SMARTS) is 1. The number of nitrogens with zero attached hydrogens (tertiary/aromatic N) is 2. The van der Waals surface area contributed by atoms with Crippen LogP contribution >= 0.6 is 11.8 Å². The van der Waals surface area contributed by atoms with Gasteiger partial charge in [0.15, 0.2) is 5.16 Å². The highest BCUT2D eigenvalue weighted by molar-refractivity contribution is 7.99. The SMILES string of the molecule is Cc1cccc2nc(SCC(=O)O)n(CC(C)C3CC3)c12. The first-order chi connectivity index (χ1) is 10.1. The minimum atomic E-state index is -0.800. The summed E-state index contributed by atoms with van der Waals surface area (Å²) in [5, 5.41) is 9.75. The zero-order valence-corrected chi connectivity index (χ0v) is 13.2. The first kappa shape index (κ1) is 14.4. The average molecular weight is 304 g/mol. The molecule has 0 saturated heterocycles. The molecular weight excluding hydrogens is 284 g/mol. The van der Waals surface area contributed by atoms with Gasteiger partial charge in [-0.15, -0.1) is 0 Å². The van der Waals surface area contributed by atoms with Crippen LogP contribution in [0.25, 0.3) is 11.0 Å². The van der Waals surface area contributed by atoms with Crippen molar-refractivity contribution >= 4 is 28.8 Å². The monoisotopic (exact) mass is 304 g/mol. The van der Waals surface area contributed by atoms with Crippen LogP contribution in [0.2, 0.25) is 0 Å². The zero-order valence-electron chi connectivity index (χ0n) is 12.4. The third-order valence-corrected chi connectivity index (χ3v) is 5.12. The van der Waals surface area contributed by atoms with Crippen LogP contribution in [0.1, 0.15) is 25.3 Å². The Hall–Kier alpha value is -1.49. The van der Waals surface area contributed by atoms with E-state index in [4.69, 9.17) is 5.11 Å². The van der Waals surface area contributed by atoms with Crippen molar-refractivity contribution in [1.29, 1.82) is 0 Å². The molecule has 1 heterocycles. The molecule has 112 valence electrons. The van der Waals surface area contributed by atoms with Gasteiger partial charge in [0, 0.05) is 6.54 Å². The van der Waals surface area contributed by atoms with E-state index in [2.05, 4.69) is 29.5 Å². The third kappa shape index (κ3) is 3.07. The summed E-state index contributed by atoms with van der Waals surface area (Å²) in [5.41, 5.74) is 3.31. The van der Waals surface area contributed by atoms with Crippen LogP contribution in [-0.2, 0) is 11.3 Å². The second-order valence-electron chi connectivity index (χ2n) is 5.94. The van der Waals surface area contributed by atoms with E-state index in [1.165, 1.54) is 30.2 Å². The van der Waals surface area contributed by atoms with E-state index in [1.807, 2.05) is 12.1 Å². The summed E-state index contributed by atoms with van der Waals surface area (Å²) in [5.74, 6) is 0.695. The van der Waals surface area contributed by atoms with Gasteiger partial charge in [-0.1, -0.05) is 30.8 Å². The van der Waals surface area contributed by atoms with Crippen molar-refractivity contribution in [1.82, 2.24) is 9.55 Å². The molecule has 3 rings (SSSR count). The molecule has 0 amide bonds. The molecule has 0 spiro atoms. The molecule has 1 saturated carbocycles. The van der Waals surface area contributed by atoms with Gasteiger partial charge < -0.3 is 9.67 Å². The fraction of sp³-hybridized carbons (Fsp3) is 0.500. The number of hydrogen-bond acceptors (Lipinski definition) is 3. The molecule has 0 radical (unpaired) electrons. The van der Waals surface area contributed by atoms with Gasteiger partial charge in [-0.05, 0) is 43.2 Å². The van der Waals surface area contributed by atoms with Crippen molar-refractivity contribution < 1.29 is 9.90 Å². The van der Waals surface area contributed by atoms with E-state index in [1.54, 1.807) is 0 Å². The molecule has 1 unspecified atom stereocenters. The molecule has 1 fully saturated rings. The fourth-order valence-corrected chi connectivity index (χ4v) is 3.59. The highest BCUT2D eigenvalue weighted by atomic mass is 32.2. The van der Waals surface area contributed by atoms with Crippen LogP contribution in [-0.4, -0.2) is 26.4 Å². The number of aliphatic carboxylic acids is 1. The Morgan fingerprint density at radius 1 is 1.52 bits per heavy atom. The molecule has 21 heavy (non-hydrogen) atoms. The van der Waals surface area contributed by atoms with Crippen LogP contribution in [0, 0.1) is 18.8 Å². The zero-order chi connectivity index (χ0) is 15.0. The van der Waals surface area contributed by atoms with E-state index in [0.717, 1.165) is 28.7 Å². The second kappa shape index (κ2) is 5.72. The minimum absolute atomic E-state index is 0.0557. The lowest BCUT2D eigenvalue weighted by atomic mass is 10.1. The predicted molar refractivity (Wildman–Crippen MR) is 84.7 cm³/mol. The van der Waals surface area contributed by atoms with Gasteiger partial charge in [0.2, 0.25) is 0 Å². The molecule has 1 atom stereocenters. The van der Waals surface area contributed by atoms with Gasteiger partial charge in [-0.2, -0.15) is 0 Å². The highest BCUT2D eigenvalue weighted by Gasteiger charge is 2.29. The fourth-order valence-electron chi connectivity index (χ4n) is 2.85. The number of carbonyl (C=O) groups is 1. The Kier molecular flexibility index (Phi) is 3.93. The lowest BCUT2D eigenvalue weighted by molar-refractivity contribution is -0.133. The topological polar surface area (TPSA) is 55.1 Å². The quantitative estimate of drug-likeness (QED) is 0.829. The lowest BCUT2D eigenvalue weighted by Crippen LogP contribution is -2.11. The molecule has 0 aliphatic heterocycles. The molecule has 1 aliphatic rings. The number of fused-ring (bicyclic) bond motifs is 1. The standard InChI is InChI=1S/C16H20N2O2S/c1-10-4-3-5-13-15(10)18(8-11(2)12-6-7-12)16(17-13)21-9-14(19)20/h3-5,11-12H,6-9H2,1-2H3,(H,19,20). The number of rotatable bonds is 6. The molecular formula is C16H20N2O2S. The van der Waals surface area contributed by atoms with Crippen molar-refractivity contribution in [2.45, 2.75) is 38.4 Å². The van der Waals surface area contributed by atoms with E-state index < -0.39 is 5.97 Å². The summed E-state index contributed by atoms with van der Waals surface area (Å²) in [6.45, 7) is 5.30. The highest BCUT2D eigenvalue weighted by Crippen LogP contribution is 2.38. The minimum Gasteiger partial charge on any atom is -0.481 e. The van der Waals surface area contributed by atoms with Gasteiger partial charge in [-0.25, -0.2) is 4.98 Å². The smallest absolute Gasteiger partial charge is 0.313 e. The summed E-state index contributed by atoms with van der Waals surface area (Å²) < 4.78 is 2.22. The number of carboxylic acids is 1. The van der Waals surface area contributed by atoms with Gasteiger partial charge in [0.25, 0.3) is 0 Å². The second-order valence-corrected chi connectivity index (χ2v) is 6.89. The van der Waals surface area contributed by atoms with Crippen LogP contribution in [0.5, 0.6) is 0 Å². The number of benzene rings is 1. The third-order valence-electron chi connectivity index (χ3n) is 4.16. The van der Waals surface area contributed by atoms with Crippen molar-refractivity contribution in [3.63, 3.8) is 0 Å². The van der Waals surface area contributed by atoms with E-state index in [0.29, 0.717) is 5.92 Å². The van der Waals surface area contributed by atoms with Crippen molar-refractivity contribution in [3.05, 3.63) is 23.8 Å². The number of imidazole rings is 1. The Balaban J connectivity index is 1.98. The van der Waals surface area contributed by atoms with Crippen molar-refractivity contribution in [2.75, 3.05) is 5.75 Å². The summed E-state index contributed by atoms with van der Waals surface area (Å²) in [6, 6.07) is 6.10. The number of aryl methyl sites for hydroxylation is 1. The van der Waals surface area contributed by atoms with Crippen molar-refractivity contribution in [2.24, 2.45) is 11.8 Å². The van der Waals surface area contributed by atoms with Gasteiger partial charge in [0.05, 0.1) is 16.8 Å². The summed E-state index contributed by atoms with van der Waals surface area (Å²) in [4.78, 5) is 15.5. The largest absolute Gasteiger partial charge is 0.481 e. The summed E-state index contributed by atoms with van der Waals surface area (Å²) >= 11 is 1.32. The molecule has 0 bridgehead atoms. The summed E-state index contributed by atoms with van der Waals surface area (Å²) in [6.07, 6.45) is 2.65. The maximum atomic E-state index is 10.8. The van der Waals surface area contributed by atoms with Crippen LogP contribution in [0.4, 0.5) is 0 Å².